The maximum atomic E-state index is 6.03. The topological polar surface area (TPSA) is 24.5 Å². The van der Waals surface area contributed by atoms with Crippen molar-refractivity contribution in [2.24, 2.45) is 0 Å². The minimum Gasteiger partial charge on any atom is -0.372 e. The minimum absolute atomic E-state index is 0.368. The van der Waals surface area contributed by atoms with Crippen molar-refractivity contribution in [3.63, 3.8) is 0 Å². The average molecular weight is 248 g/mol. The molecule has 1 aromatic carbocycles. The van der Waals surface area contributed by atoms with Gasteiger partial charge in [-0.2, -0.15) is 0 Å². The quantitative estimate of drug-likeness (QED) is 0.864. The standard InChI is InChI=1S/C15H24N2O/c1-12-6-4-5-7-15(12)17(3)11-14-9-8-13(18-14)10-16-2/h4-7,13-14,16H,8-11H2,1-3H3. The molecule has 1 saturated heterocycles. The van der Waals surface area contributed by atoms with Gasteiger partial charge in [-0.05, 0) is 38.4 Å². The molecule has 1 N–H and O–H groups in total. The molecular formula is C15H24N2O. The van der Waals surface area contributed by atoms with Gasteiger partial charge in [-0.1, -0.05) is 18.2 Å². The fraction of sp³-hybridized carbons (Fsp3) is 0.600. The summed E-state index contributed by atoms with van der Waals surface area (Å²) in [5, 5.41) is 3.19. The number of para-hydroxylation sites is 1. The lowest BCUT2D eigenvalue weighted by atomic mass is 10.1. The zero-order chi connectivity index (χ0) is 13.0. The minimum atomic E-state index is 0.368. The molecule has 2 atom stereocenters. The van der Waals surface area contributed by atoms with E-state index in [1.54, 1.807) is 0 Å². The molecule has 2 unspecified atom stereocenters. The highest BCUT2D eigenvalue weighted by Gasteiger charge is 2.25. The van der Waals surface area contributed by atoms with E-state index in [0.717, 1.165) is 13.1 Å². The molecule has 0 radical (unpaired) electrons. The Hall–Kier alpha value is -1.06. The van der Waals surface area contributed by atoms with Crippen molar-refractivity contribution in [3.05, 3.63) is 29.8 Å². The van der Waals surface area contributed by atoms with Crippen LogP contribution in [-0.2, 0) is 4.74 Å². The number of nitrogens with one attached hydrogen (secondary N) is 1. The summed E-state index contributed by atoms with van der Waals surface area (Å²) in [5.41, 5.74) is 2.63. The third-order valence-electron chi connectivity index (χ3n) is 3.63. The lowest BCUT2D eigenvalue weighted by Crippen LogP contribution is -2.31. The Balaban J connectivity index is 1.89. The zero-order valence-electron chi connectivity index (χ0n) is 11.6. The van der Waals surface area contributed by atoms with E-state index in [1.807, 2.05) is 7.05 Å². The first-order valence-electron chi connectivity index (χ1n) is 6.77. The first-order chi connectivity index (χ1) is 8.70. The second-order valence-corrected chi connectivity index (χ2v) is 5.18. The molecule has 1 aliphatic heterocycles. The van der Waals surface area contributed by atoms with E-state index in [4.69, 9.17) is 4.74 Å². The molecule has 1 aliphatic rings. The molecule has 1 heterocycles. The van der Waals surface area contributed by atoms with Crippen molar-refractivity contribution in [2.45, 2.75) is 32.0 Å². The van der Waals surface area contributed by atoms with Gasteiger partial charge in [0.2, 0.25) is 0 Å². The molecule has 1 aromatic rings. The van der Waals surface area contributed by atoms with Gasteiger partial charge in [0.25, 0.3) is 0 Å². The van der Waals surface area contributed by atoms with Crippen molar-refractivity contribution in [2.75, 3.05) is 32.1 Å². The van der Waals surface area contributed by atoms with Crippen LogP contribution in [0.2, 0.25) is 0 Å². The number of benzene rings is 1. The predicted octanol–water partition coefficient (Wildman–Crippen LogP) is 2.20. The fourth-order valence-corrected chi connectivity index (χ4v) is 2.69. The first kappa shape index (κ1) is 13.4. The molecule has 0 aromatic heterocycles. The van der Waals surface area contributed by atoms with E-state index in [1.165, 1.54) is 24.1 Å². The Bertz CT molecular complexity index is 381. The summed E-state index contributed by atoms with van der Waals surface area (Å²) in [4.78, 5) is 2.31. The molecule has 0 saturated carbocycles. The number of ether oxygens (including phenoxy) is 1. The predicted molar refractivity (Wildman–Crippen MR) is 76.3 cm³/mol. The van der Waals surface area contributed by atoms with Gasteiger partial charge in [0, 0.05) is 25.8 Å². The molecule has 3 heteroatoms. The first-order valence-corrected chi connectivity index (χ1v) is 6.77. The monoisotopic (exact) mass is 248 g/mol. The zero-order valence-corrected chi connectivity index (χ0v) is 11.6. The maximum Gasteiger partial charge on any atom is 0.0755 e. The van der Waals surface area contributed by atoms with Gasteiger partial charge >= 0.3 is 0 Å². The molecule has 0 bridgehead atoms. The summed E-state index contributed by atoms with van der Waals surface area (Å²) in [6.07, 6.45) is 3.11. The normalized spacial score (nSPS) is 23.3. The van der Waals surface area contributed by atoms with Crippen LogP contribution in [0.25, 0.3) is 0 Å². The largest absolute Gasteiger partial charge is 0.372 e. The average Bonchev–Trinajstić information content (AvgIpc) is 2.77. The van der Waals surface area contributed by atoms with Gasteiger partial charge < -0.3 is 15.0 Å². The molecule has 3 nitrogen and oxygen atoms in total. The Kier molecular flexibility index (Phi) is 4.61. The second-order valence-electron chi connectivity index (χ2n) is 5.18. The molecule has 100 valence electrons. The molecule has 0 amide bonds. The fourth-order valence-electron chi connectivity index (χ4n) is 2.69. The van der Waals surface area contributed by atoms with E-state index in [9.17, 15) is 0 Å². The van der Waals surface area contributed by atoms with E-state index in [-0.39, 0.29) is 0 Å². The third-order valence-corrected chi connectivity index (χ3v) is 3.63. The Morgan fingerprint density at radius 3 is 2.72 bits per heavy atom. The van der Waals surface area contributed by atoms with Crippen LogP contribution in [-0.4, -0.2) is 39.4 Å². The van der Waals surface area contributed by atoms with Crippen LogP contribution in [0.4, 0.5) is 5.69 Å². The number of anilines is 1. The van der Waals surface area contributed by atoms with E-state index < -0.39 is 0 Å². The molecule has 0 aliphatic carbocycles. The van der Waals surface area contributed by atoms with E-state index in [2.05, 4.69) is 48.5 Å². The van der Waals surface area contributed by atoms with Crippen LogP contribution in [0.3, 0.4) is 0 Å². The van der Waals surface area contributed by atoms with Crippen molar-refractivity contribution < 1.29 is 4.74 Å². The van der Waals surface area contributed by atoms with E-state index in [0.29, 0.717) is 12.2 Å². The molecule has 2 rings (SSSR count). The Morgan fingerprint density at radius 2 is 2.00 bits per heavy atom. The van der Waals surface area contributed by atoms with Gasteiger partial charge in [0.05, 0.1) is 12.2 Å². The summed E-state index contributed by atoms with van der Waals surface area (Å²) >= 11 is 0. The van der Waals surface area contributed by atoms with Crippen molar-refractivity contribution in [1.82, 2.24) is 5.32 Å². The van der Waals surface area contributed by atoms with Crippen LogP contribution in [0, 0.1) is 6.92 Å². The second kappa shape index (κ2) is 6.21. The number of rotatable bonds is 5. The summed E-state index contributed by atoms with van der Waals surface area (Å²) in [6, 6.07) is 8.51. The summed E-state index contributed by atoms with van der Waals surface area (Å²) in [5.74, 6) is 0. The number of aryl methyl sites for hydroxylation is 1. The molecule has 0 spiro atoms. The van der Waals surface area contributed by atoms with Crippen LogP contribution in [0.1, 0.15) is 18.4 Å². The Labute approximate surface area is 110 Å². The van der Waals surface area contributed by atoms with Gasteiger partial charge in [0.15, 0.2) is 0 Å². The number of hydrogen-bond donors (Lipinski definition) is 1. The van der Waals surface area contributed by atoms with Crippen LogP contribution >= 0.6 is 0 Å². The lowest BCUT2D eigenvalue weighted by molar-refractivity contribution is 0.0510. The molecule has 18 heavy (non-hydrogen) atoms. The van der Waals surface area contributed by atoms with Gasteiger partial charge in [-0.25, -0.2) is 0 Å². The van der Waals surface area contributed by atoms with Crippen LogP contribution in [0.5, 0.6) is 0 Å². The Morgan fingerprint density at radius 1 is 1.28 bits per heavy atom. The van der Waals surface area contributed by atoms with Crippen LogP contribution in [0.15, 0.2) is 24.3 Å². The number of hydrogen-bond acceptors (Lipinski definition) is 3. The molecular weight excluding hydrogens is 224 g/mol. The highest BCUT2D eigenvalue weighted by molar-refractivity contribution is 5.52. The summed E-state index contributed by atoms with van der Waals surface area (Å²) in [6.45, 7) is 4.10. The number of nitrogens with zero attached hydrogens (tertiary/aromatic N) is 1. The molecule has 1 fully saturated rings. The van der Waals surface area contributed by atoms with Gasteiger partial charge in [-0.3, -0.25) is 0 Å². The summed E-state index contributed by atoms with van der Waals surface area (Å²) < 4.78 is 6.03. The number of likely N-dealkylation sites (N-methyl/N-ethyl adjacent to an activating group) is 2. The van der Waals surface area contributed by atoms with Gasteiger partial charge in [0.1, 0.15) is 0 Å². The van der Waals surface area contributed by atoms with Crippen molar-refractivity contribution in [1.29, 1.82) is 0 Å². The van der Waals surface area contributed by atoms with E-state index >= 15 is 0 Å². The highest BCUT2D eigenvalue weighted by Crippen LogP contribution is 2.23. The van der Waals surface area contributed by atoms with Crippen molar-refractivity contribution in [3.8, 4) is 0 Å². The summed E-state index contributed by atoms with van der Waals surface area (Å²) in [7, 11) is 4.13. The van der Waals surface area contributed by atoms with Crippen molar-refractivity contribution >= 4 is 5.69 Å². The third kappa shape index (κ3) is 3.24. The SMILES string of the molecule is CNCC1CCC(CN(C)c2ccccc2C)O1. The maximum absolute atomic E-state index is 6.03. The lowest BCUT2D eigenvalue weighted by Gasteiger charge is -2.25. The smallest absolute Gasteiger partial charge is 0.0755 e. The van der Waals surface area contributed by atoms with Gasteiger partial charge in [-0.15, -0.1) is 0 Å². The highest BCUT2D eigenvalue weighted by atomic mass is 16.5. The van der Waals surface area contributed by atoms with Crippen LogP contribution < -0.4 is 10.2 Å².